The number of aromatic nitrogens is 1. The van der Waals surface area contributed by atoms with E-state index in [1.54, 1.807) is 6.20 Å². The summed E-state index contributed by atoms with van der Waals surface area (Å²) in [5.41, 5.74) is 1.58. The molecular weight excluding hydrogens is 214 g/mol. The molecule has 1 amide bonds. The number of carbonyl (C=O) groups excluding carboxylic acids is 1. The molecule has 0 bridgehead atoms. The summed E-state index contributed by atoms with van der Waals surface area (Å²) in [4.78, 5) is 18.4. The second kappa shape index (κ2) is 5.27. The van der Waals surface area contributed by atoms with E-state index in [-0.39, 0.29) is 5.91 Å². The molecule has 1 aliphatic heterocycles. The van der Waals surface area contributed by atoms with Crippen molar-refractivity contribution in [1.29, 1.82) is 0 Å². The number of nitrogens with zero attached hydrogens (tertiary/aromatic N) is 2. The molecule has 0 saturated carbocycles. The van der Waals surface area contributed by atoms with Crippen LogP contribution in [0, 0.1) is 6.92 Å². The van der Waals surface area contributed by atoms with Crippen LogP contribution >= 0.6 is 0 Å². The number of nitrogens with one attached hydrogen (secondary N) is 1. The van der Waals surface area contributed by atoms with Crippen molar-refractivity contribution < 1.29 is 4.79 Å². The third kappa shape index (κ3) is 3.27. The van der Waals surface area contributed by atoms with E-state index in [1.807, 2.05) is 19.1 Å². The van der Waals surface area contributed by atoms with E-state index in [4.69, 9.17) is 0 Å². The maximum atomic E-state index is 11.9. The van der Waals surface area contributed by atoms with E-state index >= 15 is 0 Å². The van der Waals surface area contributed by atoms with Crippen LogP contribution in [0.5, 0.6) is 0 Å². The summed E-state index contributed by atoms with van der Waals surface area (Å²) in [6.07, 6.45) is 3.70. The van der Waals surface area contributed by atoms with Crippen LogP contribution in [0.15, 0.2) is 18.3 Å². The van der Waals surface area contributed by atoms with Gasteiger partial charge in [0, 0.05) is 17.9 Å². The first-order valence-corrected chi connectivity index (χ1v) is 6.07. The molecule has 1 aromatic heterocycles. The minimum atomic E-state index is -0.00736. The Morgan fingerprint density at radius 2 is 2.12 bits per heavy atom. The van der Waals surface area contributed by atoms with Gasteiger partial charge in [0.05, 0.1) is 5.56 Å². The first kappa shape index (κ1) is 12.0. The number of pyridine rings is 1. The van der Waals surface area contributed by atoms with Gasteiger partial charge in [-0.15, -0.1) is 0 Å². The molecule has 4 nitrogen and oxygen atoms in total. The Labute approximate surface area is 102 Å². The second-order valence-electron chi connectivity index (χ2n) is 4.74. The molecule has 0 spiro atoms. The third-order valence-corrected chi connectivity index (χ3v) is 3.23. The quantitative estimate of drug-likeness (QED) is 0.835. The van der Waals surface area contributed by atoms with Crippen LogP contribution in [0.1, 0.15) is 28.9 Å². The molecule has 2 rings (SSSR count). The summed E-state index contributed by atoms with van der Waals surface area (Å²) in [7, 11) is 2.11. The third-order valence-electron chi connectivity index (χ3n) is 3.23. The molecule has 2 heterocycles. The Bertz CT molecular complexity index is 380. The summed E-state index contributed by atoms with van der Waals surface area (Å²) in [6, 6.07) is 4.00. The number of piperidine rings is 1. The van der Waals surface area contributed by atoms with Crippen molar-refractivity contribution in [3.63, 3.8) is 0 Å². The smallest absolute Gasteiger partial charge is 0.253 e. The zero-order valence-corrected chi connectivity index (χ0v) is 10.4. The Morgan fingerprint density at radius 3 is 2.71 bits per heavy atom. The van der Waals surface area contributed by atoms with Crippen LogP contribution in [-0.4, -0.2) is 42.0 Å². The first-order chi connectivity index (χ1) is 8.15. The summed E-state index contributed by atoms with van der Waals surface area (Å²) in [5.74, 6) is -0.00736. The van der Waals surface area contributed by atoms with Crippen molar-refractivity contribution in [1.82, 2.24) is 15.2 Å². The van der Waals surface area contributed by atoms with Crippen molar-refractivity contribution in [2.75, 3.05) is 20.1 Å². The van der Waals surface area contributed by atoms with E-state index < -0.39 is 0 Å². The molecule has 1 aliphatic rings. The molecule has 1 N–H and O–H groups in total. The molecule has 0 unspecified atom stereocenters. The van der Waals surface area contributed by atoms with Gasteiger partial charge in [-0.1, -0.05) is 0 Å². The summed E-state index contributed by atoms with van der Waals surface area (Å²) in [6.45, 7) is 4.02. The first-order valence-electron chi connectivity index (χ1n) is 6.07. The van der Waals surface area contributed by atoms with Crippen molar-refractivity contribution in [2.24, 2.45) is 0 Å². The highest BCUT2D eigenvalue weighted by Crippen LogP contribution is 2.09. The number of carbonyl (C=O) groups is 1. The van der Waals surface area contributed by atoms with E-state index in [0.29, 0.717) is 11.6 Å². The van der Waals surface area contributed by atoms with Gasteiger partial charge in [-0.25, -0.2) is 0 Å². The molecule has 92 valence electrons. The van der Waals surface area contributed by atoms with Crippen molar-refractivity contribution in [2.45, 2.75) is 25.8 Å². The standard InChI is InChI=1S/C13H19N3O/c1-10-3-4-11(9-14-10)13(17)15-12-5-7-16(2)8-6-12/h3-4,9,12H,5-8H2,1-2H3,(H,15,17). The van der Waals surface area contributed by atoms with E-state index in [9.17, 15) is 4.79 Å². The second-order valence-corrected chi connectivity index (χ2v) is 4.74. The number of amides is 1. The minimum Gasteiger partial charge on any atom is -0.349 e. The lowest BCUT2D eigenvalue weighted by molar-refractivity contribution is 0.0916. The van der Waals surface area contributed by atoms with Crippen molar-refractivity contribution in [3.05, 3.63) is 29.6 Å². The van der Waals surface area contributed by atoms with Crippen molar-refractivity contribution in [3.8, 4) is 0 Å². The lowest BCUT2D eigenvalue weighted by atomic mass is 10.1. The molecule has 4 heteroatoms. The molecule has 0 atom stereocenters. The van der Waals surface area contributed by atoms with Crippen LogP contribution in [0.4, 0.5) is 0 Å². The van der Waals surface area contributed by atoms with Crippen molar-refractivity contribution >= 4 is 5.91 Å². The zero-order chi connectivity index (χ0) is 12.3. The van der Waals surface area contributed by atoms with Gasteiger partial charge in [0.15, 0.2) is 0 Å². The molecule has 17 heavy (non-hydrogen) atoms. The minimum absolute atomic E-state index is 0.00736. The average Bonchev–Trinajstić information content (AvgIpc) is 2.33. The summed E-state index contributed by atoms with van der Waals surface area (Å²) in [5, 5.41) is 3.07. The van der Waals surface area contributed by atoms with Gasteiger partial charge in [-0.05, 0) is 52.0 Å². The Balaban J connectivity index is 1.91. The number of hydrogen-bond donors (Lipinski definition) is 1. The lowest BCUT2D eigenvalue weighted by Crippen LogP contribution is -2.43. The fraction of sp³-hybridized carbons (Fsp3) is 0.538. The summed E-state index contributed by atoms with van der Waals surface area (Å²) < 4.78 is 0. The molecule has 1 fully saturated rings. The Kier molecular flexibility index (Phi) is 3.74. The molecule has 1 saturated heterocycles. The monoisotopic (exact) mass is 233 g/mol. The molecular formula is C13H19N3O. The van der Waals surface area contributed by atoms with Crippen LogP contribution in [-0.2, 0) is 0 Å². The van der Waals surface area contributed by atoms with E-state index in [0.717, 1.165) is 31.6 Å². The van der Waals surface area contributed by atoms with Gasteiger partial charge in [0.25, 0.3) is 5.91 Å². The number of aryl methyl sites for hydroxylation is 1. The topological polar surface area (TPSA) is 45.2 Å². The Hall–Kier alpha value is -1.42. The van der Waals surface area contributed by atoms with Crippen LogP contribution in [0.2, 0.25) is 0 Å². The molecule has 1 aromatic rings. The highest BCUT2D eigenvalue weighted by atomic mass is 16.1. The van der Waals surface area contributed by atoms with E-state index in [2.05, 4.69) is 22.2 Å². The largest absolute Gasteiger partial charge is 0.349 e. The fourth-order valence-electron chi connectivity index (χ4n) is 2.02. The lowest BCUT2D eigenvalue weighted by Gasteiger charge is -2.29. The van der Waals surface area contributed by atoms with Crippen LogP contribution < -0.4 is 5.32 Å². The predicted molar refractivity (Wildman–Crippen MR) is 67.0 cm³/mol. The molecule has 0 aromatic carbocycles. The number of rotatable bonds is 2. The van der Waals surface area contributed by atoms with Crippen LogP contribution in [0.25, 0.3) is 0 Å². The van der Waals surface area contributed by atoms with Gasteiger partial charge in [-0.2, -0.15) is 0 Å². The van der Waals surface area contributed by atoms with Gasteiger partial charge in [0.2, 0.25) is 0 Å². The van der Waals surface area contributed by atoms with Gasteiger partial charge in [-0.3, -0.25) is 9.78 Å². The highest BCUT2D eigenvalue weighted by molar-refractivity contribution is 5.94. The van der Waals surface area contributed by atoms with Gasteiger partial charge in [0.1, 0.15) is 0 Å². The van der Waals surface area contributed by atoms with Gasteiger partial charge < -0.3 is 10.2 Å². The van der Waals surface area contributed by atoms with Gasteiger partial charge >= 0.3 is 0 Å². The molecule has 0 radical (unpaired) electrons. The fourth-order valence-corrected chi connectivity index (χ4v) is 2.02. The maximum absolute atomic E-state index is 11.9. The number of likely N-dealkylation sites (tertiary alicyclic amines) is 1. The number of hydrogen-bond acceptors (Lipinski definition) is 3. The summed E-state index contributed by atoms with van der Waals surface area (Å²) >= 11 is 0. The molecule has 0 aliphatic carbocycles. The highest BCUT2D eigenvalue weighted by Gasteiger charge is 2.18. The SMILES string of the molecule is Cc1ccc(C(=O)NC2CCN(C)CC2)cn1. The maximum Gasteiger partial charge on any atom is 0.253 e. The normalized spacial score (nSPS) is 18.0. The predicted octanol–water partition coefficient (Wildman–Crippen LogP) is 1.21. The Morgan fingerprint density at radius 1 is 1.41 bits per heavy atom. The van der Waals surface area contributed by atoms with E-state index in [1.165, 1.54) is 0 Å². The zero-order valence-electron chi connectivity index (χ0n) is 10.4. The average molecular weight is 233 g/mol. The van der Waals surface area contributed by atoms with Crippen LogP contribution in [0.3, 0.4) is 0 Å².